The van der Waals surface area contributed by atoms with Crippen LogP contribution >= 0.6 is 0 Å². The van der Waals surface area contributed by atoms with Crippen LogP contribution in [0.1, 0.15) is 25.3 Å². The average molecular weight is 358 g/mol. The molecule has 2 atom stereocenters. The standard InChI is InChI=1S/C18H22N4O4/c1-18(13-7-3-2-4-8-13)16(25)22(17(26)20-18)11-14(23)21-9-5-6-12(10-21)15(19)24/h2-4,7-8,12H,5-6,9-11H2,1H3,(H2,19,24)(H,20,26). The predicted molar refractivity (Wildman–Crippen MR) is 92.5 cm³/mol. The number of carbonyl (C=O) groups is 4. The highest BCUT2D eigenvalue weighted by Crippen LogP contribution is 2.28. The highest BCUT2D eigenvalue weighted by Gasteiger charge is 2.49. The van der Waals surface area contributed by atoms with Crippen molar-refractivity contribution in [3.05, 3.63) is 35.9 Å². The Kier molecular flexibility index (Phi) is 4.67. The molecule has 2 fully saturated rings. The molecule has 0 aliphatic carbocycles. The maximum atomic E-state index is 12.8. The zero-order chi connectivity index (χ0) is 18.9. The van der Waals surface area contributed by atoms with Gasteiger partial charge < -0.3 is 16.0 Å². The molecule has 0 aromatic heterocycles. The van der Waals surface area contributed by atoms with Crippen LogP contribution in [0.3, 0.4) is 0 Å². The van der Waals surface area contributed by atoms with Crippen LogP contribution < -0.4 is 11.1 Å². The van der Waals surface area contributed by atoms with E-state index in [9.17, 15) is 19.2 Å². The Morgan fingerprint density at radius 3 is 2.62 bits per heavy atom. The van der Waals surface area contributed by atoms with E-state index in [1.54, 1.807) is 31.2 Å². The van der Waals surface area contributed by atoms with Crippen molar-refractivity contribution in [3.8, 4) is 0 Å². The van der Waals surface area contributed by atoms with Crippen molar-refractivity contribution in [2.24, 2.45) is 11.7 Å². The number of urea groups is 1. The fourth-order valence-corrected chi connectivity index (χ4v) is 3.48. The van der Waals surface area contributed by atoms with Gasteiger partial charge in [0.1, 0.15) is 12.1 Å². The number of rotatable bonds is 4. The summed E-state index contributed by atoms with van der Waals surface area (Å²) >= 11 is 0. The molecule has 0 saturated carbocycles. The molecule has 2 aliphatic heterocycles. The van der Waals surface area contributed by atoms with E-state index in [0.29, 0.717) is 24.9 Å². The molecule has 1 aromatic rings. The maximum Gasteiger partial charge on any atom is 0.325 e. The molecule has 3 N–H and O–H groups in total. The molecular weight excluding hydrogens is 336 g/mol. The molecule has 2 heterocycles. The first kappa shape index (κ1) is 17.9. The van der Waals surface area contributed by atoms with Crippen molar-refractivity contribution in [2.75, 3.05) is 19.6 Å². The number of primary amides is 1. The van der Waals surface area contributed by atoms with Gasteiger partial charge in [0.05, 0.1) is 5.92 Å². The Balaban J connectivity index is 1.72. The number of hydrogen-bond acceptors (Lipinski definition) is 4. The number of amides is 5. The summed E-state index contributed by atoms with van der Waals surface area (Å²) in [4.78, 5) is 51.5. The number of nitrogens with zero attached hydrogens (tertiary/aromatic N) is 2. The Morgan fingerprint density at radius 1 is 1.27 bits per heavy atom. The molecule has 2 aliphatic rings. The molecule has 26 heavy (non-hydrogen) atoms. The van der Waals surface area contributed by atoms with E-state index in [-0.39, 0.29) is 24.9 Å². The van der Waals surface area contributed by atoms with Crippen LogP contribution in [-0.2, 0) is 19.9 Å². The van der Waals surface area contributed by atoms with E-state index < -0.39 is 23.4 Å². The summed E-state index contributed by atoms with van der Waals surface area (Å²) in [5, 5.41) is 2.67. The summed E-state index contributed by atoms with van der Waals surface area (Å²) < 4.78 is 0. The fourth-order valence-electron chi connectivity index (χ4n) is 3.48. The van der Waals surface area contributed by atoms with Crippen molar-refractivity contribution in [2.45, 2.75) is 25.3 Å². The van der Waals surface area contributed by atoms with Gasteiger partial charge in [-0.15, -0.1) is 0 Å². The molecule has 8 heteroatoms. The summed E-state index contributed by atoms with van der Waals surface area (Å²) in [6.45, 7) is 1.99. The van der Waals surface area contributed by atoms with Crippen LogP contribution in [0.25, 0.3) is 0 Å². The topological polar surface area (TPSA) is 113 Å². The number of carbonyl (C=O) groups excluding carboxylic acids is 4. The summed E-state index contributed by atoms with van der Waals surface area (Å²) in [5.41, 5.74) is 4.79. The van der Waals surface area contributed by atoms with Crippen molar-refractivity contribution in [1.82, 2.24) is 15.1 Å². The van der Waals surface area contributed by atoms with Crippen molar-refractivity contribution >= 4 is 23.8 Å². The van der Waals surface area contributed by atoms with Crippen LogP contribution in [0, 0.1) is 5.92 Å². The highest BCUT2D eigenvalue weighted by molar-refractivity contribution is 6.09. The molecule has 2 unspecified atom stereocenters. The lowest BCUT2D eigenvalue weighted by Crippen LogP contribution is -2.49. The number of imide groups is 1. The third kappa shape index (κ3) is 3.14. The first-order valence-electron chi connectivity index (χ1n) is 8.59. The van der Waals surface area contributed by atoms with E-state index in [2.05, 4.69) is 5.32 Å². The average Bonchev–Trinajstić information content (AvgIpc) is 2.86. The maximum absolute atomic E-state index is 12.8. The summed E-state index contributed by atoms with van der Waals surface area (Å²) in [6, 6.07) is 8.30. The quantitative estimate of drug-likeness (QED) is 0.747. The third-order valence-electron chi connectivity index (χ3n) is 5.10. The van der Waals surface area contributed by atoms with Crippen molar-refractivity contribution in [1.29, 1.82) is 0 Å². The Hall–Kier alpha value is -2.90. The Labute approximate surface area is 151 Å². The van der Waals surface area contributed by atoms with E-state index in [0.717, 1.165) is 4.90 Å². The van der Waals surface area contributed by atoms with Gasteiger partial charge in [-0.25, -0.2) is 4.79 Å². The van der Waals surface area contributed by atoms with Crippen LogP contribution in [0.2, 0.25) is 0 Å². The lowest BCUT2D eigenvalue weighted by molar-refractivity contribution is -0.140. The smallest absolute Gasteiger partial charge is 0.325 e. The van der Waals surface area contributed by atoms with Crippen LogP contribution in [0.15, 0.2) is 30.3 Å². The van der Waals surface area contributed by atoms with E-state index in [1.165, 1.54) is 4.90 Å². The van der Waals surface area contributed by atoms with E-state index in [1.807, 2.05) is 6.07 Å². The van der Waals surface area contributed by atoms with Gasteiger partial charge >= 0.3 is 6.03 Å². The molecule has 3 rings (SSSR count). The molecule has 5 amide bonds. The number of piperidine rings is 1. The van der Waals surface area contributed by atoms with Gasteiger partial charge in [-0.1, -0.05) is 30.3 Å². The van der Waals surface area contributed by atoms with Gasteiger partial charge in [-0.05, 0) is 25.3 Å². The molecular formula is C18H22N4O4. The van der Waals surface area contributed by atoms with Gasteiger partial charge in [0.25, 0.3) is 5.91 Å². The zero-order valence-corrected chi connectivity index (χ0v) is 14.6. The Bertz CT molecular complexity index is 751. The van der Waals surface area contributed by atoms with E-state index >= 15 is 0 Å². The van der Waals surface area contributed by atoms with Crippen molar-refractivity contribution in [3.63, 3.8) is 0 Å². The normalized spacial score (nSPS) is 26.0. The molecule has 2 saturated heterocycles. The minimum absolute atomic E-state index is 0.230. The van der Waals surface area contributed by atoms with Crippen LogP contribution in [0.5, 0.6) is 0 Å². The molecule has 0 spiro atoms. The van der Waals surface area contributed by atoms with E-state index in [4.69, 9.17) is 5.73 Å². The minimum atomic E-state index is -1.20. The first-order chi connectivity index (χ1) is 12.3. The van der Waals surface area contributed by atoms with Gasteiger partial charge in [0, 0.05) is 13.1 Å². The number of nitrogens with two attached hydrogens (primary N) is 1. The van der Waals surface area contributed by atoms with Crippen LogP contribution in [0.4, 0.5) is 4.79 Å². The second kappa shape index (κ2) is 6.78. The number of likely N-dealkylation sites (tertiary alicyclic amines) is 1. The summed E-state index contributed by atoms with van der Waals surface area (Å²) in [6.07, 6.45) is 1.32. The molecule has 0 bridgehead atoms. The minimum Gasteiger partial charge on any atom is -0.369 e. The fraction of sp³-hybridized carbons (Fsp3) is 0.444. The summed E-state index contributed by atoms with van der Waals surface area (Å²) in [7, 11) is 0. The van der Waals surface area contributed by atoms with Gasteiger partial charge in [0.2, 0.25) is 11.8 Å². The number of hydrogen-bond donors (Lipinski definition) is 2. The second-order valence-corrected chi connectivity index (χ2v) is 6.89. The third-order valence-corrected chi connectivity index (χ3v) is 5.10. The number of nitrogens with one attached hydrogen (secondary N) is 1. The predicted octanol–water partition coefficient (Wildman–Crippen LogP) is 0.178. The second-order valence-electron chi connectivity index (χ2n) is 6.89. The zero-order valence-electron chi connectivity index (χ0n) is 14.6. The molecule has 0 radical (unpaired) electrons. The van der Waals surface area contributed by atoms with Gasteiger partial charge in [-0.2, -0.15) is 0 Å². The largest absolute Gasteiger partial charge is 0.369 e. The lowest BCUT2D eigenvalue weighted by Gasteiger charge is -2.32. The first-order valence-corrected chi connectivity index (χ1v) is 8.59. The van der Waals surface area contributed by atoms with Gasteiger partial charge in [0.15, 0.2) is 0 Å². The van der Waals surface area contributed by atoms with Gasteiger partial charge in [-0.3, -0.25) is 19.3 Å². The summed E-state index contributed by atoms with van der Waals surface area (Å²) in [5.74, 6) is -1.65. The Morgan fingerprint density at radius 2 is 1.96 bits per heavy atom. The van der Waals surface area contributed by atoms with Crippen LogP contribution in [-0.4, -0.2) is 53.2 Å². The molecule has 138 valence electrons. The molecule has 1 aromatic carbocycles. The van der Waals surface area contributed by atoms with Crippen molar-refractivity contribution < 1.29 is 19.2 Å². The number of benzene rings is 1. The highest BCUT2D eigenvalue weighted by atomic mass is 16.2. The monoisotopic (exact) mass is 358 g/mol. The SMILES string of the molecule is CC1(c2ccccc2)NC(=O)N(CC(=O)N2CCCC(C(N)=O)C2)C1=O. The molecule has 8 nitrogen and oxygen atoms in total. The lowest BCUT2D eigenvalue weighted by atomic mass is 9.92.